The van der Waals surface area contributed by atoms with E-state index >= 15 is 0 Å². The first-order chi connectivity index (χ1) is 10.8. The van der Waals surface area contributed by atoms with Crippen molar-refractivity contribution in [2.75, 3.05) is 23.4 Å². The van der Waals surface area contributed by atoms with Crippen LogP contribution in [0.4, 0.5) is 5.82 Å². The van der Waals surface area contributed by atoms with Gasteiger partial charge in [-0.2, -0.15) is 16.9 Å². The highest BCUT2D eigenvalue weighted by molar-refractivity contribution is 7.99. The van der Waals surface area contributed by atoms with E-state index in [4.69, 9.17) is 0 Å². The van der Waals surface area contributed by atoms with Gasteiger partial charge in [-0.15, -0.1) is 24.8 Å². The smallest absolute Gasteiger partial charge is 0.227 e. The van der Waals surface area contributed by atoms with Gasteiger partial charge in [0.2, 0.25) is 5.91 Å². The number of halogens is 2. The molecule has 6 nitrogen and oxygen atoms in total. The second-order valence-electron chi connectivity index (χ2n) is 5.23. The van der Waals surface area contributed by atoms with Crippen molar-refractivity contribution in [1.29, 1.82) is 0 Å². The van der Waals surface area contributed by atoms with E-state index < -0.39 is 0 Å². The summed E-state index contributed by atoms with van der Waals surface area (Å²) in [4.78, 5) is 16.0. The lowest BCUT2D eigenvalue weighted by Crippen LogP contribution is -2.39. The maximum Gasteiger partial charge on any atom is 0.227 e. The Bertz CT molecular complexity index is 619. The minimum atomic E-state index is 0. The summed E-state index contributed by atoms with van der Waals surface area (Å²) in [6.07, 6.45) is 5.88. The zero-order valence-electron chi connectivity index (χ0n) is 13.1. The normalized spacial score (nSPS) is 16.6. The van der Waals surface area contributed by atoms with Crippen LogP contribution >= 0.6 is 36.6 Å². The quantitative estimate of drug-likeness (QED) is 0.819. The van der Waals surface area contributed by atoms with Gasteiger partial charge < -0.3 is 10.6 Å². The summed E-state index contributed by atoms with van der Waals surface area (Å²) in [6, 6.07) is 5.98. The number of carbonyl (C=O) groups is 1. The minimum absolute atomic E-state index is 0. The van der Waals surface area contributed by atoms with Crippen LogP contribution in [0.15, 0.2) is 36.8 Å². The maximum atomic E-state index is 12.0. The first-order valence-corrected chi connectivity index (χ1v) is 8.48. The standard InChI is InChI=1S/C15H19N5OS.2ClH/c21-15(9-13-11-22-8-6-17-13)18-14-3-7-20(19-14)10-12-1-4-16-5-2-12;;/h1-5,7,13,17H,6,8-11H2,(H,18,19,21);2*1H. The van der Waals surface area contributed by atoms with Gasteiger partial charge in [0.15, 0.2) is 5.82 Å². The van der Waals surface area contributed by atoms with Crippen LogP contribution in [0.25, 0.3) is 0 Å². The first-order valence-electron chi connectivity index (χ1n) is 7.33. The maximum absolute atomic E-state index is 12.0. The van der Waals surface area contributed by atoms with Crippen LogP contribution in [0, 0.1) is 0 Å². The van der Waals surface area contributed by atoms with Crippen molar-refractivity contribution >= 4 is 48.3 Å². The Balaban J connectivity index is 0.00000144. The van der Waals surface area contributed by atoms with E-state index in [-0.39, 0.29) is 36.8 Å². The largest absolute Gasteiger partial charge is 0.312 e. The molecule has 1 saturated heterocycles. The van der Waals surface area contributed by atoms with Crippen LogP contribution in [-0.4, -0.2) is 44.8 Å². The number of hydrogen-bond acceptors (Lipinski definition) is 5. The molecule has 2 N–H and O–H groups in total. The van der Waals surface area contributed by atoms with E-state index in [1.165, 1.54) is 0 Å². The van der Waals surface area contributed by atoms with Crippen molar-refractivity contribution in [2.45, 2.75) is 19.0 Å². The molecule has 2 aromatic rings. The molecule has 1 amide bonds. The monoisotopic (exact) mass is 389 g/mol. The van der Waals surface area contributed by atoms with E-state index in [9.17, 15) is 4.79 Å². The van der Waals surface area contributed by atoms with E-state index in [1.54, 1.807) is 17.1 Å². The van der Waals surface area contributed by atoms with Gasteiger partial charge in [-0.05, 0) is 17.7 Å². The fourth-order valence-corrected chi connectivity index (χ4v) is 3.31. The molecule has 1 aliphatic heterocycles. The van der Waals surface area contributed by atoms with Crippen LogP contribution in [0.1, 0.15) is 12.0 Å². The molecule has 132 valence electrons. The molecule has 0 aromatic carbocycles. The molecule has 0 spiro atoms. The van der Waals surface area contributed by atoms with E-state index in [0.29, 0.717) is 18.8 Å². The highest BCUT2D eigenvalue weighted by Gasteiger charge is 2.17. The second kappa shape index (κ2) is 10.6. The lowest BCUT2D eigenvalue weighted by Gasteiger charge is -2.22. The van der Waals surface area contributed by atoms with Crippen molar-refractivity contribution in [3.8, 4) is 0 Å². The topological polar surface area (TPSA) is 71.8 Å². The predicted molar refractivity (Wildman–Crippen MR) is 102 cm³/mol. The Morgan fingerprint density at radius 1 is 1.33 bits per heavy atom. The molecule has 2 aromatic heterocycles. The molecular weight excluding hydrogens is 369 g/mol. The number of anilines is 1. The van der Waals surface area contributed by atoms with E-state index in [1.807, 2.05) is 36.2 Å². The summed E-state index contributed by atoms with van der Waals surface area (Å²) < 4.78 is 1.81. The van der Waals surface area contributed by atoms with Crippen molar-refractivity contribution in [1.82, 2.24) is 20.1 Å². The van der Waals surface area contributed by atoms with Crippen LogP contribution in [-0.2, 0) is 11.3 Å². The van der Waals surface area contributed by atoms with Gasteiger partial charge in [-0.25, -0.2) is 0 Å². The lowest BCUT2D eigenvalue weighted by atomic mass is 10.2. The third-order valence-electron chi connectivity index (χ3n) is 3.43. The molecule has 3 rings (SSSR count). The fraction of sp³-hybridized carbons (Fsp3) is 0.400. The predicted octanol–water partition coefficient (Wildman–Crippen LogP) is 2.20. The summed E-state index contributed by atoms with van der Waals surface area (Å²) in [5.74, 6) is 2.72. The van der Waals surface area contributed by atoms with Gasteiger partial charge >= 0.3 is 0 Å². The molecule has 1 fully saturated rings. The SMILES string of the molecule is Cl.Cl.O=C(CC1CSCCN1)Nc1ccn(Cc2ccncc2)n1. The molecule has 24 heavy (non-hydrogen) atoms. The van der Waals surface area contributed by atoms with Crippen molar-refractivity contribution < 1.29 is 4.79 Å². The fourth-order valence-electron chi connectivity index (χ4n) is 2.36. The lowest BCUT2D eigenvalue weighted by molar-refractivity contribution is -0.116. The number of hydrogen-bond donors (Lipinski definition) is 2. The van der Waals surface area contributed by atoms with Gasteiger partial charge in [-0.1, -0.05) is 0 Å². The third kappa shape index (κ3) is 6.32. The Kier molecular flexibility index (Phi) is 9.13. The number of carbonyl (C=O) groups excluding carboxylic acids is 1. The van der Waals surface area contributed by atoms with Gasteiger partial charge in [0, 0.05) is 55.2 Å². The average Bonchev–Trinajstić information content (AvgIpc) is 2.96. The Morgan fingerprint density at radius 2 is 2.12 bits per heavy atom. The zero-order valence-corrected chi connectivity index (χ0v) is 15.5. The number of pyridine rings is 1. The highest BCUT2D eigenvalue weighted by Crippen LogP contribution is 2.12. The summed E-state index contributed by atoms with van der Waals surface area (Å²) >= 11 is 1.89. The number of aromatic nitrogens is 3. The van der Waals surface area contributed by atoms with Gasteiger partial charge in [0.05, 0.1) is 6.54 Å². The van der Waals surface area contributed by atoms with E-state index in [2.05, 4.69) is 20.7 Å². The van der Waals surface area contributed by atoms with Crippen LogP contribution in [0.3, 0.4) is 0 Å². The van der Waals surface area contributed by atoms with Gasteiger partial charge in [-0.3, -0.25) is 14.5 Å². The van der Waals surface area contributed by atoms with Crippen LogP contribution in [0.2, 0.25) is 0 Å². The van der Waals surface area contributed by atoms with Crippen molar-refractivity contribution in [2.24, 2.45) is 0 Å². The van der Waals surface area contributed by atoms with Gasteiger partial charge in [0.1, 0.15) is 0 Å². The molecule has 9 heteroatoms. The molecule has 1 unspecified atom stereocenters. The van der Waals surface area contributed by atoms with Crippen LogP contribution < -0.4 is 10.6 Å². The average molecular weight is 390 g/mol. The Hall–Kier alpha value is -1.28. The molecule has 1 atom stereocenters. The summed E-state index contributed by atoms with van der Waals surface area (Å²) in [7, 11) is 0. The summed E-state index contributed by atoms with van der Waals surface area (Å²) in [5, 5.41) is 10.6. The first kappa shape index (κ1) is 20.8. The third-order valence-corrected chi connectivity index (χ3v) is 4.56. The summed E-state index contributed by atoms with van der Waals surface area (Å²) in [5.41, 5.74) is 1.12. The van der Waals surface area contributed by atoms with E-state index in [0.717, 1.165) is 23.6 Å². The highest BCUT2D eigenvalue weighted by atomic mass is 35.5. The summed E-state index contributed by atoms with van der Waals surface area (Å²) in [6.45, 7) is 1.64. The Morgan fingerprint density at radius 3 is 2.83 bits per heavy atom. The molecule has 0 saturated carbocycles. The molecule has 3 heterocycles. The molecular formula is C15H21Cl2N5OS. The number of thioether (sulfide) groups is 1. The molecule has 0 radical (unpaired) electrons. The number of nitrogens with zero attached hydrogens (tertiary/aromatic N) is 3. The molecule has 1 aliphatic rings. The molecule has 0 aliphatic carbocycles. The minimum Gasteiger partial charge on any atom is -0.312 e. The van der Waals surface area contributed by atoms with Crippen molar-refractivity contribution in [3.63, 3.8) is 0 Å². The Labute approximate surface area is 158 Å². The number of nitrogens with one attached hydrogen (secondary N) is 2. The zero-order chi connectivity index (χ0) is 15.2. The van der Waals surface area contributed by atoms with Crippen LogP contribution in [0.5, 0.6) is 0 Å². The number of amides is 1. The molecule has 0 bridgehead atoms. The van der Waals surface area contributed by atoms with Gasteiger partial charge in [0.25, 0.3) is 0 Å². The van der Waals surface area contributed by atoms with Crippen molar-refractivity contribution in [3.05, 3.63) is 42.4 Å². The number of rotatable bonds is 5. The second-order valence-corrected chi connectivity index (χ2v) is 6.38.